The number of hydrogen-bond acceptors (Lipinski definition) is 5. The average Bonchev–Trinajstić information content (AvgIpc) is 2.26. The molecule has 5 nitrogen and oxygen atoms in total. The van der Waals surface area contributed by atoms with Gasteiger partial charge in [-0.3, -0.25) is 0 Å². The van der Waals surface area contributed by atoms with Crippen LogP contribution in [0.5, 0.6) is 5.75 Å². The number of aliphatic hydroxyl groups excluding tert-OH is 1. The Bertz CT molecular complexity index is 567. The Hall–Kier alpha value is -0.820. The van der Waals surface area contributed by atoms with Crippen LogP contribution in [0.1, 0.15) is 38.0 Å². The van der Waals surface area contributed by atoms with Crippen molar-refractivity contribution >= 4 is 22.2 Å². The molecule has 0 aliphatic carbocycles. The number of benzene rings is 1. The van der Waals surface area contributed by atoms with E-state index >= 15 is 0 Å². The molecule has 1 aromatic rings. The van der Waals surface area contributed by atoms with Crippen LogP contribution < -0.4 is 5.32 Å². The maximum atomic E-state index is 11.3. The van der Waals surface area contributed by atoms with Crippen molar-refractivity contribution in [3.05, 3.63) is 29.3 Å². The minimum Gasteiger partial charge on any atom is -0.508 e. The number of phenolic OH excluding ortho intramolecular Hbond substituents is 1. The van der Waals surface area contributed by atoms with E-state index in [0.29, 0.717) is 17.7 Å². The number of nitrogens with one attached hydrogen (secondary N) is 1. The first-order chi connectivity index (χ1) is 8.98. The lowest BCUT2D eigenvalue weighted by atomic mass is 10.0. The highest BCUT2D eigenvalue weighted by molar-refractivity contribution is 7.89. The smallest absolute Gasteiger partial charge is 0.151 e. The SMILES string of the molecule is CC(C)(C)NCC(O)c1ccc(O)c(CS(C)(=O)=O)c1.Cl. The summed E-state index contributed by atoms with van der Waals surface area (Å²) < 4.78 is 22.6. The summed E-state index contributed by atoms with van der Waals surface area (Å²) >= 11 is 0. The van der Waals surface area contributed by atoms with Crippen LogP contribution in [-0.4, -0.2) is 37.0 Å². The van der Waals surface area contributed by atoms with E-state index in [2.05, 4.69) is 5.32 Å². The average molecular weight is 338 g/mol. The third kappa shape index (κ3) is 7.66. The zero-order valence-corrected chi connectivity index (χ0v) is 14.4. The van der Waals surface area contributed by atoms with Crippen LogP contribution in [0, 0.1) is 0 Å². The van der Waals surface area contributed by atoms with Gasteiger partial charge in [0.05, 0.1) is 11.9 Å². The summed E-state index contributed by atoms with van der Waals surface area (Å²) in [6, 6.07) is 4.54. The molecule has 0 bridgehead atoms. The van der Waals surface area contributed by atoms with E-state index in [-0.39, 0.29) is 29.4 Å². The largest absolute Gasteiger partial charge is 0.508 e. The molecule has 21 heavy (non-hydrogen) atoms. The lowest BCUT2D eigenvalue weighted by Gasteiger charge is -2.23. The molecule has 0 amide bonds. The number of hydrogen-bond donors (Lipinski definition) is 3. The van der Waals surface area contributed by atoms with E-state index < -0.39 is 15.9 Å². The van der Waals surface area contributed by atoms with Crippen LogP contribution in [0.15, 0.2) is 18.2 Å². The maximum absolute atomic E-state index is 11.3. The van der Waals surface area contributed by atoms with Crippen LogP contribution in [-0.2, 0) is 15.6 Å². The Morgan fingerprint density at radius 3 is 2.33 bits per heavy atom. The van der Waals surface area contributed by atoms with Crippen molar-refractivity contribution in [1.82, 2.24) is 5.32 Å². The Labute approximate surface area is 132 Å². The first-order valence-electron chi connectivity index (χ1n) is 6.40. The third-order valence-corrected chi connectivity index (χ3v) is 3.57. The van der Waals surface area contributed by atoms with E-state index in [1.165, 1.54) is 12.1 Å². The number of phenols is 1. The van der Waals surface area contributed by atoms with Gasteiger partial charge in [-0.25, -0.2) is 8.42 Å². The Balaban J connectivity index is 0.00000400. The highest BCUT2D eigenvalue weighted by atomic mass is 35.5. The van der Waals surface area contributed by atoms with E-state index in [0.717, 1.165) is 6.26 Å². The fraction of sp³-hybridized carbons (Fsp3) is 0.571. The summed E-state index contributed by atoms with van der Waals surface area (Å²) in [6.07, 6.45) is 0.351. The molecule has 1 aromatic carbocycles. The van der Waals surface area contributed by atoms with Crippen LogP contribution in [0.4, 0.5) is 0 Å². The highest BCUT2D eigenvalue weighted by Crippen LogP contribution is 2.24. The van der Waals surface area contributed by atoms with Crippen molar-refractivity contribution in [2.24, 2.45) is 0 Å². The summed E-state index contributed by atoms with van der Waals surface area (Å²) in [6.45, 7) is 6.33. The van der Waals surface area contributed by atoms with Crippen LogP contribution >= 0.6 is 12.4 Å². The summed E-state index contributed by atoms with van der Waals surface area (Å²) in [7, 11) is -3.23. The van der Waals surface area contributed by atoms with Gasteiger partial charge < -0.3 is 15.5 Å². The van der Waals surface area contributed by atoms with Crippen molar-refractivity contribution in [3.63, 3.8) is 0 Å². The van der Waals surface area contributed by atoms with Gasteiger partial charge in [-0.1, -0.05) is 6.07 Å². The molecule has 1 unspecified atom stereocenters. The molecule has 0 aliphatic heterocycles. The van der Waals surface area contributed by atoms with E-state index in [4.69, 9.17) is 0 Å². The summed E-state index contributed by atoms with van der Waals surface area (Å²) in [4.78, 5) is 0. The summed E-state index contributed by atoms with van der Waals surface area (Å²) in [5.41, 5.74) is 0.769. The van der Waals surface area contributed by atoms with Gasteiger partial charge in [0, 0.05) is 23.9 Å². The first kappa shape index (κ1) is 20.2. The van der Waals surface area contributed by atoms with Crippen molar-refractivity contribution in [2.75, 3.05) is 12.8 Å². The second-order valence-corrected chi connectivity index (χ2v) is 8.25. The van der Waals surface area contributed by atoms with Crippen LogP contribution in [0.2, 0.25) is 0 Å². The van der Waals surface area contributed by atoms with Crippen LogP contribution in [0.25, 0.3) is 0 Å². The monoisotopic (exact) mass is 337 g/mol. The second kappa shape index (κ2) is 7.45. The van der Waals surface area contributed by atoms with Gasteiger partial charge in [-0.15, -0.1) is 12.4 Å². The molecule has 0 saturated heterocycles. The van der Waals surface area contributed by atoms with Gasteiger partial charge >= 0.3 is 0 Å². The number of rotatable bonds is 5. The van der Waals surface area contributed by atoms with Crippen molar-refractivity contribution in [2.45, 2.75) is 38.2 Å². The molecule has 7 heteroatoms. The lowest BCUT2D eigenvalue weighted by Crippen LogP contribution is -2.38. The van der Waals surface area contributed by atoms with Gasteiger partial charge in [0.15, 0.2) is 9.84 Å². The lowest BCUT2D eigenvalue weighted by molar-refractivity contribution is 0.163. The second-order valence-electron chi connectivity index (χ2n) is 6.10. The minimum absolute atomic E-state index is 0. The Morgan fingerprint density at radius 2 is 1.86 bits per heavy atom. The van der Waals surface area contributed by atoms with Gasteiger partial charge in [0.1, 0.15) is 5.75 Å². The predicted molar refractivity (Wildman–Crippen MR) is 86.6 cm³/mol. The predicted octanol–water partition coefficient (Wildman–Crippen LogP) is 1.78. The first-order valence-corrected chi connectivity index (χ1v) is 8.46. The molecule has 0 aromatic heterocycles. The molecule has 0 spiro atoms. The van der Waals surface area contributed by atoms with E-state index in [1.54, 1.807) is 6.07 Å². The third-order valence-electron chi connectivity index (χ3n) is 2.73. The Kier molecular flexibility index (Phi) is 7.15. The van der Waals surface area contributed by atoms with Gasteiger partial charge in [-0.05, 0) is 38.5 Å². The molecule has 122 valence electrons. The van der Waals surface area contributed by atoms with Crippen LogP contribution in [0.3, 0.4) is 0 Å². The normalized spacial score (nSPS) is 13.6. The molecular formula is C14H24ClNO4S. The van der Waals surface area contributed by atoms with Gasteiger partial charge in [0.2, 0.25) is 0 Å². The van der Waals surface area contributed by atoms with E-state index in [9.17, 15) is 18.6 Å². The number of sulfone groups is 1. The highest BCUT2D eigenvalue weighted by Gasteiger charge is 2.16. The van der Waals surface area contributed by atoms with Gasteiger partial charge in [0.25, 0.3) is 0 Å². The fourth-order valence-electron chi connectivity index (χ4n) is 1.73. The number of β-amino-alcohol motifs (C(OH)–C–C–N with tert-alkyl or cyclic N) is 1. The molecule has 0 heterocycles. The summed E-state index contributed by atoms with van der Waals surface area (Å²) in [5.74, 6) is -0.318. The molecule has 1 atom stereocenters. The number of aliphatic hydroxyl groups is 1. The molecule has 0 aliphatic rings. The van der Waals surface area contributed by atoms with E-state index in [1.807, 2.05) is 20.8 Å². The topological polar surface area (TPSA) is 86.6 Å². The fourth-order valence-corrected chi connectivity index (χ4v) is 2.53. The minimum atomic E-state index is -3.23. The molecule has 1 rings (SSSR count). The number of halogens is 1. The zero-order chi connectivity index (χ0) is 15.6. The van der Waals surface area contributed by atoms with Crippen molar-refractivity contribution in [3.8, 4) is 5.75 Å². The van der Waals surface area contributed by atoms with Crippen molar-refractivity contribution in [1.29, 1.82) is 0 Å². The standard InChI is InChI=1S/C14H23NO4S.ClH/c1-14(2,3)15-8-13(17)10-5-6-12(16)11(7-10)9-20(4,18)19;/h5-7,13,15-17H,8-9H2,1-4H3;1H. The van der Waals surface area contributed by atoms with Gasteiger partial charge in [-0.2, -0.15) is 0 Å². The molecule has 0 saturated carbocycles. The van der Waals surface area contributed by atoms with Crippen molar-refractivity contribution < 1.29 is 18.6 Å². The maximum Gasteiger partial charge on any atom is 0.151 e. The molecular weight excluding hydrogens is 314 g/mol. The number of aromatic hydroxyl groups is 1. The molecule has 0 radical (unpaired) electrons. The quantitative estimate of drug-likeness (QED) is 0.762. The molecule has 0 fully saturated rings. The zero-order valence-electron chi connectivity index (χ0n) is 12.8. The Morgan fingerprint density at radius 1 is 1.29 bits per heavy atom. The summed E-state index contributed by atoms with van der Waals surface area (Å²) in [5, 5.41) is 23.0. The molecule has 3 N–H and O–H groups in total.